The Morgan fingerprint density at radius 3 is 2.73 bits per heavy atom. The van der Waals surface area contributed by atoms with Crippen LogP contribution >= 0.6 is 15.9 Å². The first kappa shape index (κ1) is 16.0. The van der Waals surface area contributed by atoms with Crippen LogP contribution in [0.4, 0.5) is 0 Å². The molecule has 1 aromatic rings. The van der Waals surface area contributed by atoms with Gasteiger partial charge in [-0.3, -0.25) is 4.79 Å². The molecular formula is C17H23BrN2O2. The Labute approximate surface area is 140 Å². The highest BCUT2D eigenvalue weighted by atomic mass is 79.9. The maximum Gasteiger partial charge on any atom is 0.221 e. The van der Waals surface area contributed by atoms with Gasteiger partial charge in [0, 0.05) is 35.4 Å². The quantitative estimate of drug-likeness (QED) is 0.840. The third-order valence-electron chi connectivity index (χ3n) is 4.82. The summed E-state index contributed by atoms with van der Waals surface area (Å²) in [4.78, 5) is 12.2. The van der Waals surface area contributed by atoms with Crippen LogP contribution in [-0.2, 0) is 14.9 Å². The second kappa shape index (κ2) is 7.11. The van der Waals surface area contributed by atoms with Crippen molar-refractivity contribution in [3.63, 3.8) is 0 Å². The summed E-state index contributed by atoms with van der Waals surface area (Å²) in [6, 6.07) is 8.66. The SMILES string of the molecule is O=C(CC1COCCN1)NCC1(c2ccc(Br)cc2)CCC1. The van der Waals surface area contributed by atoms with E-state index in [1.165, 1.54) is 12.0 Å². The van der Waals surface area contributed by atoms with Gasteiger partial charge < -0.3 is 15.4 Å². The molecular weight excluding hydrogens is 344 g/mol. The number of carbonyl (C=O) groups excluding carboxylic acids is 1. The topological polar surface area (TPSA) is 50.4 Å². The molecule has 0 spiro atoms. The molecule has 1 saturated heterocycles. The third-order valence-corrected chi connectivity index (χ3v) is 5.35. The molecule has 1 saturated carbocycles. The van der Waals surface area contributed by atoms with Crippen molar-refractivity contribution in [3.05, 3.63) is 34.3 Å². The van der Waals surface area contributed by atoms with E-state index in [1.54, 1.807) is 0 Å². The van der Waals surface area contributed by atoms with Crippen LogP contribution in [0.15, 0.2) is 28.7 Å². The van der Waals surface area contributed by atoms with Crippen molar-refractivity contribution in [3.8, 4) is 0 Å². The molecule has 0 aromatic heterocycles. The average Bonchev–Trinajstić information content (AvgIpc) is 2.49. The van der Waals surface area contributed by atoms with E-state index < -0.39 is 0 Å². The highest BCUT2D eigenvalue weighted by Crippen LogP contribution is 2.43. The van der Waals surface area contributed by atoms with Crippen LogP contribution in [0.25, 0.3) is 0 Å². The molecule has 120 valence electrons. The monoisotopic (exact) mass is 366 g/mol. The van der Waals surface area contributed by atoms with Crippen LogP contribution in [0.1, 0.15) is 31.2 Å². The minimum absolute atomic E-state index is 0.117. The lowest BCUT2D eigenvalue weighted by molar-refractivity contribution is -0.122. The summed E-state index contributed by atoms with van der Waals surface area (Å²) >= 11 is 3.48. The van der Waals surface area contributed by atoms with Gasteiger partial charge in [-0.1, -0.05) is 34.5 Å². The maximum absolute atomic E-state index is 12.2. The lowest BCUT2D eigenvalue weighted by atomic mass is 9.64. The van der Waals surface area contributed by atoms with E-state index >= 15 is 0 Å². The molecule has 1 aromatic carbocycles. The highest BCUT2D eigenvalue weighted by Gasteiger charge is 2.38. The molecule has 1 atom stereocenters. The Kier molecular flexibility index (Phi) is 5.16. The molecule has 2 aliphatic rings. The Hall–Kier alpha value is -0.910. The van der Waals surface area contributed by atoms with Gasteiger partial charge in [-0.2, -0.15) is 0 Å². The van der Waals surface area contributed by atoms with Gasteiger partial charge in [0.15, 0.2) is 0 Å². The van der Waals surface area contributed by atoms with Crippen molar-refractivity contribution in [2.24, 2.45) is 0 Å². The van der Waals surface area contributed by atoms with Crippen LogP contribution in [0, 0.1) is 0 Å². The van der Waals surface area contributed by atoms with Crippen molar-refractivity contribution in [2.75, 3.05) is 26.3 Å². The van der Waals surface area contributed by atoms with Crippen molar-refractivity contribution >= 4 is 21.8 Å². The van der Waals surface area contributed by atoms with Gasteiger partial charge in [-0.25, -0.2) is 0 Å². The van der Waals surface area contributed by atoms with Crippen LogP contribution in [0.5, 0.6) is 0 Å². The molecule has 5 heteroatoms. The Bertz CT molecular complexity index is 508. The van der Waals surface area contributed by atoms with E-state index in [1.807, 2.05) is 0 Å². The van der Waals surface area contributed by atoms with Crippen LogP contribution in [0.3, 0.4) is 0 Å². The zero-order valence-corrected chi connectivity index (χ0v) is 14.3. The standard InChI is InChI=1S/C17H23BrN2O2/c18-14-4-2-13(3-5-14)17(6-1-7-17)12-20-16(21)10-15-11-22-9-8-19-15/h2-5,15,19H,1,6-12H2,(H,20,21). The van der Waals surface area contributed by atoms with Gasteiger partial charge in [0.2, 0.25) is 5.91 Å². The van der Waals surface area contributed by atoms with Crippen LogP contribution in [-0.4, -0.2) is 38.3 Å². The number of amides is 1. The molecule has 2 N–H and O–H groups in total. The number of hydrogen-bond donors (Lipinski definition) is 2. The van der Waals surface area contributed by atoms with E-state index in [0.717, 1.165) is 37.0 Å². The van der Waals surface area contributed by atoms with Gasteiger partial charge in [-0.15, -0.1) is 0 Å². The van der Waals surface area contributed by atoms with Crippen LogP contribution in [0.2, 0.25) is 0 Å². The third kappa shape index (κ3) is 3.70. The first-order valence-electron chi connectivity index (χ1n) is 8.02. The summed E-state index contributed by atoms with van der Waals surface area (Å²) in [6.45, 7) is 2.94. The van der Waals surface area contributed by atoms with Crippen molar-refractivity contribution in [2.45, 2.75) is 37.1 Å². The molecule has 3 rings (SSSR count). The molecule has 1 unspecified atom stereocenters. The molecule has 4 nitrogen and oxygen atoms in total. The fraction of sp³-hybridized carbons (Fsp3) is 0.588. The highest BCUT2D eigenvalue weighted by molar-refractivity contribution is 9.10. The average molecular weight is 367 g/mol. The predicted molar refractivity (Wildman–Crippen MR) is 89.9 cm³/mol. The second-order valence-electron chi connectivity index (χ2n) is 6.35. The molecule has 1 heterocycles. The molecule has 0 radical (unpaired) electrons. The number of morpholine rings is 1. The van der Waals surface area contributed by atoms with Gasteiger partial charge >= 0.3 is 0 Å². The molecule has 1 amide bonds. The first-order valence-corrected chi connectivity index (χ1v) is 8.81. The van der Waals surface area contributed by atoms with Gasteiger partial charge in [0.25, 0.3) is 0 Å². The fourth-order valence-corrected chi connectivity index (χ4v) is 3.55. The van der Waals surface area contributed by atoms with E-state index in [4.69, 9.17) is 4.74 Å². The Balaban J connectivity index is 1.54. The summed E-state index contributed by atoms with van der Waals surface area (Å²) < 4.78 is 6.49. The number of nitrogens with one attached hydrogen (secondary N) is 2. The van der Waals surface area contributed by atoms with Crippen molar-refractivity contribution < 1.29 is 9.53 Å². The zero-order valence-electron chi connectivity index (χ0n) is 12.7. The Morgan fingerprint density at radius 2 is 2.14 bits per heavy atom. The summed E-state index contributed by atoms with van der Waals surface area (Å²) in [7, 11) is 0. The first-order chi connectivity index (χ1) is 10.7. The van der Waals surface area contributed by atoms with Crippen LogP contribution < -0.4 is 10.6 Å². The molecule has 0 bridgehead atoms. The van der Waals surface area contributed by atoms with E-state index in [-0.39, 0.29) is 17.4 Å². The van der Waals surface area contributed by atoms with Gasteiger partial charge in [0.1, 0.15) is 0 Å². The number of rotatable bonds is 5. The lowest BCUT2D eigenvalue weighted by Gasteiger charge is -2.42. The van der Waals surface area contributed by atoms with E-state index in [2.05, 4.69) is 50.8 Å². The number of carbonyl (C=O) groups is 1. The minimum Gasteiger partial charge on any atom is -0.378 e. The maximum atomic E-state index is 12.2. The lowest BCUT2D eigenvalue weighted by Crippen LogP contribution is -2.48. The molecule has 2 fully saturated rings. The fourth-order valence-electron chi connectivity index (χ4n) is 3.29. The predicted octanol–water partition coefficient (Wildman–Crippen LogP) is 2.37. The number of benzene rings is 1. The summed E-state index contributed by atoms with van der Waals surface area (Å²) in [5, 5.41) is 6.46. The Morgan fingerprint density at radius 1 is 1.36 bits per heavy atom. The van der Waals surface area contributed by atoms with Gasteiger partial charge in [0.05, 0.1) is 13.2 Å². The summed E-state index contributed by atoms with van der Waals surface area (Å²) in [6.07, 6.45) is 4.04. The second-order valence-corrected chi connectivity index (χ2v) is 7.26. The minimum atomic E-state index is 0.117. The zero-order chi connectivity index (χ0) is 15.4. The molecule has 1 aliphatic heterocycles. The molecule has 22 heavy (non-hydrogen) atoms. The normalized spacial score (nSPS) is 23.6. The van der Waals surface area contributed by atoms with Gasteiger partial charge in [-0.05, 0) is 30.5 Å². The number of ether oxygens (including phenoxy) is 1. The summed E-state index contributed by atoms with van der Waals surface area (Å²) in [5.41, 5.74) is 1.47. The van der Waals surface area contributed by atoms with Crippen molar-refractivity contribution in [1.29, 1.82) is 0 Å². The smallest absolute Gasteiger partial charge is 0.221 e. The van der Waals surface area contributed by atoms with E-state index in [0.29, 0.717) is 13.0 Å². The van der Waals surface area contributed by atoms with E-state index in [9.17, 15) is 4.79 Å². The molecule has 1 aliphatic carbocycles. The number of hydrogen-bond acceptors (Lipinski definition) is 3. The largest absolute Gasteiger partial charge is 0.378 e. The summed E-state index contributed by atoms with van der Waals surface area (Å²) in [5.74, 6) is 0.117. The number of halogens is 1. The van der Waals surface area contributed by atoms with Crippen molar-refractivity contribution in [1.82, 2.24) is 10.6 Å².